The van der Waals surface area contributed by atoms with E-state index < -0.39 is 5.91 Å². The molecule has 2 aromatic carbocycles. The first-order chi connectivity index (χ1) is 12.0. The lowest BCUT2D eigenvalue weighted by Gasteiger charge is -2.04. The maximum absolute atomic E-state index is 12.0. The van der Waals surface area contributed by atoms with Gasteiger partial charge in [-0.05, 0) is 48.9 Å². The maximum atomic E-state index is 12.0. The number of hydrogen-bond donors (Lipinski definition) is 2. The van der Waals surface area contributed by atoms with E-state index in [-0.39, 0.29) is 18.1 Å². The summed E-state index contributed by atoms with van der Waals surface area (Å²) in [5, 5.41) is 14.0. The van der Waals surface area contributed by atoms with Crippen molar-refractivity contribution < 1.29 is 19.4 Å². The zero-order valence-corrected chi connectivity index (χ0v) is 14.1. The summed E-state index contributed by atoms with van der Waals surface area (Å²) in [5.41, 5.74) is 3.93. The van der Waals surface area contributed by atoms with Crippen molar-refractivity contribution in [1.29, 1.82) is 0 Å². The average Bonchev–Trinajstić information content (AvgIpc) is 3.07. The Hall–Kier alpha value is -2.99. The van der Waals surface area contributed by atoms with Crippen LogP contribution < -0.4 is 14.9 Å². The van der Waals surface area contributed by atoms with Crippen molar-refractivity contribution in [3.05, 3.63) is 58.6 Å². The Kier molecular flexibility index (Phi) is 4.90. The highest BCUT2D eigenvalue weighted by atomic mass is 35.5. The van der Waals surface area contributed by atoms with Gasteiger partial charge in [0.15, 0.2) is 11.5 Å². The van der Waals surface area contributed by atoms with E-state index in [1.807, 2.05) is 24.3 Å². The first-order valence-corrected chi connectivity index (χ1v) is 7.81. The molecule has 0 bridgehead atoms. The molecular formula is C18H15ClN2O4. The lowest BCUT2D eigenvalue weighted by atomic mass is 10.2. The Balaban J connectivity index is 1.65. The van der Waals surface area contributed by atoms with Gasteiger partial charge in [-0.2, -0.15) is 5.10 Å². The molecule has 2 aromatic rings. The molecule has 0 fully saturated rings. The number of hydrogen-bond acceptors (Lipinski definition) is 5. The molecular weight excluding hydrogens is 344 g/mol. The zero-order chi connectivity index (χ0) is 17.8. The van der Waals surface area contributed by atoms with Gasteiger partial charge < -0.3 is 14.6 Å². The van der Waals surface area contributed by atoms with Crippen molar-refractivity contribution in [1.82, 2.24) is 5.43 Å². The number of nitrogens with one attached hydrogen (secondary N) is 1. The molecule has 3 rings (SSSR count). The van der Waals surface area contributed by atoms with Crippen molar-refractivity contribution >= 4 is 29.3 Å². The molecule has 6 nitrogen and oxygen atoms in total. The second-order valence-electron chi connectivity index (χ2n) is 5.30. The van der Waals surface area contributed by atoms with E-state index in [0.717, 1.165) is 11.3 Å². The fraction of sp³-hybridized carbons (Fsp3) is 0.111. The van der Waals surface area contributed by atoms with E-state index >= 15 is 0 Å². The molecule has 0 radical (unpaired) electrons. The molecule has 1 aliphatic heterocycles. The first kappa shape index (κ1) is 16.9. The number of ether oxygens (including phenoxy) is 2. The predicted octanol–water partition coefficient (Wildman–Crippen LogP) is 3.59. The van der Waals surface area contributed by atoms with Gasteiger partial charge in [-0.25, -0.2) is 5.43 Å². The van der Waals surface area contributed by atoms with Crippen LogP contribution in [0, 0.1) is 0 Å². The molecule has 0 saturated heterocycles. The van der Waals surface area contributed by atoms with Gasteiger partial charge in [0, 0.05) is 5.02 Å². The summed E-state index contributed by atoms with van der Waals surface area (Å²) in [4.78, 5) is 12.0. The largest absolute Gasteiger partial charge is 0.507 e. The smallest absolute Gasteiger partial charge is 0.275 e. The van der Waals surface area contributed by atoms with Crippen molar-refractivity contribution in [2.75, 3.05) is 6.79 Å². The lowest BCUT2D eigenvalue weighted by Crippen LogP contribution is -2.18. The summed E-state index contributed by atoms with van der Waals surface area (Å²) >= 11 is 5.82. The molecule has 0 aliphatic carbocycles. The second kappa shape index (κ2) is 7.27. The minimum Gasteiger partial charge on any atom is -0.507 e. The van der Waals surface area contributed by atoms with Crippen LogP contribution in [0.5, 0.6) is 17.2 Å². The monoisotopic (exact) mass is 358 g/mol. The van der Waals surface area contributed by atoms with E-state index in [0.29, 0.717) is 16.5 Å². The number of carbonyl (C=O) groups is 1. The SMILES string of the molecule is CC(C=Cc1ccc2c(c1)OCO2)=NNC(=O)c1cc(Cl)ccc1O. The third-order valence-electron chi connectivity index (χ3n) is 3.45. The van der Waals surface area contributed by atoms with E-state index in [4.69, 9.17) is 21.1 Å². The van der Waals surface area contributed by atoms with Gasteiger partial charge in [-0.3, -0.25) is 4.79 Å². The third-order valence-corrected chi connectivity index (χ3v) is 3.69. The third kappa shape index (κ3) is 4.10. The van der Waals surface area contributed by atoms with Gasteiger partial charge in [0.05, 0.1) is 11.3 Å². The van der Waals surface area contributed by atoms with Crippen molar-refractivity contribution in [2.24, 2.45) is 5.10 Å². The number of fused-ring (bicyclic) bond motifs is 1. The predicted molar refractivity (Wildman–Crippen MR) is 95.3 cm³/mol. The molecule has 128 valence electrons. The number of allylic oxidation sites excluding steroid dienone is 1. The molecule has 1 aliphatic rings. The molecule has 0 aromatic heterocycles. The Labute approximate surface area is 149 Å². The number of aromatic hydroxyl groups is 1. The van der Waals surface area contributed by atoms with Crippen LogP contribution >= 0.6 is 11.6 Å². The molecule has 1 heterocycles. The molecule has 0 spiro atoms. The minimum absolute atomic E-state index is 0.0591. The summed E-state index contributed by atoms with van der Waals surface area (Å²) < 4.78 is 10.6. The van der Waals surface area contributed by atoms with Crippen LogP contribution in [-0.2, 0) is 0 Å². The molecule has 0 atom stereocenters. The van der Waals surface area contributed by atoms with Crippen molar-refractivity contribution in [3.8, 4) is 17.2 Å². The number of rotatable bonds is 4. The summed E-state index contributed by atoms with van der Waals surface area (Å²) in [5.74, 6) is 0.707. The minimum atomic E-state index is -0.546. The Morgan fingerprint density at radius 2 is 2.04 bits per heavy atom. The molecule has 1 amide bonds. The van der Waals surface area contributed by atoms with Crippen LogP contribution in [0.2, 0.25) is 5.02 Å². The molecule has 7 heteroatoms. The second-order valence-corrected chi connectivity index (χ2v) is 5.74. The van der Waals surface area contributed by atoms with Crippen LogP contribution in [-0.4, -0.2) is 23.5 Å². The van der Waals surface area contributed by atoms with Crippen LogP contribution in [0.3, 0.4) is 0 Å². The number of hydrazone groups is 1. The summed E-state index contributed by atoms with van der Waals surface area (Å²) in [7, 11) is 0. The van der Waals surface area contributed by atoms with E-state index in [1.165, 1.54) is 18.2 Å². The number of halogens is 1. The summed E-state index contributed by atoms with van der Waals surface area (Å²) in [6, 6.07) is 9.80. The summed E-state index contributed by atoms with van der Waals surface area (Å²) in [6.07, 6.45) is 3.58. The first-order valence-electron chi connectivity index (χ1n) is 7.44. The zero-order valence-electron chi connectivity index (χ0n) is 13.3. The average molecular weight is 359 g/mol. The van der Waals surface area contributed by atoms with Crippen molar-refractivity contribution in [2.45, 2.75) is 6.92 Å². The van der Waals surface area contributed by atoms with E-state index in [1.54, 1.807) is 13.0 Å². The molecule has 0 unspecified atom stereocenters. The molecule has 0 saturated carbocycles. The van der Waals surface area contributed by atoms with Crippen LogP contribution in [0.1, 0.15) is 22.8 Å². The highest BCUT2D eigenvalue weighted by molar-refractivity contribution is 6.31. The highest BCUT2D eigenvalue weighted by Crippen LogP contribution is 2.32. The topological polar surface area (TPSA) is 80.2 Å². The number of phenolic OH excluding ortho intramolecular Hbond substituents is 1. The molecule has 2 N–H and O–H groups in total. The Bertz CT molecular complexity index is 877. The lowest BCUT2D eigenvalue weighted by molar-refractivity contribution is 0.0952. The van der Waals surface area contributed by atoms with Crippen molar-refractivity contribution in [3.63, 3.8) is 0 Å². The van der Waals surface area contributed by atoms with Crippen LogP contribution in [0.15, 0.2) is 47.6 Å². The van der Waals surface area contributed by atoms with Gasteiger partial charge in [0.1, 0.15) is 5.75 Å². The van der Waals surface area contributed by atoms with Gasteiger partial charge in [0.2, 0.25) is 6.79 Å². The van der Waals surface area contributed by atoms with Gasteiger partial charge in [0.25, 0.3) is 5.91 Å². The quantitative estimate of drug-likeness (QED) is 0.646. The van der Waals surface area contributed by atoms with Gasteiger partial charge in [-0.15, -0.1) is 0 Å². The van der Waals surface area contributed by atoms with Gasteiger partial charge >= 0.3 is 0 Å². The Morgan fingerprint density at radius 1 is 1.24 bits per heavy atom. The number of benzene rings is 2. The summed E-state index contributed by atoms with van der Waals surface area (Å²) in [6.45, 7) is 1.97. The van der Waals surface area contributed by atoms with E-state index in [9.17, 15) is 9.90 Å². The number of phenols is 1. The normalized spacial score (nSPS) is 13.3. The van der Waals surface area contributed by atoms with Gasteiger partial charge in [-0.1, -0.05) is 23.7 Å². The number of amides is 1. The fourth-order valence-electron chi connectivity index (χ4n) is 2.16. The standard InChI is InChI=1S/C18H15ClN2O4/c1-11(2-3-12-4-7-16-17(8-12)25-10-24-16)20-21-18(23)14-9-13(19)5-6-15(14)22/h2-9,22H,10H2,1H3,(H,21,23). The Morgan fingerprint density at radius 3 is 2.88 bits per heavy atom. The van der Waals surface area contributed by atoms with Crippen LogP contribution in [0.4, 0.5) is 0 Å². The molecule has 25 heavy (non-hydrogen) atoms. The van der Waals surface area contributed by atoms with Crippen LogP contribution in [0.25, 0.3) is 6.08 Å². The highest BCUT2D eigenvalue weighted by Gasteiger charge is 2.12. The maximum Gasteiger partial charge on any atom is 0.275 e. The number of nitrogens with zero attached hydrogens (tertiary/aromatic N) is 1. The number of carbonyl (C=O) groups excluding carboxylic acids is 1. The van der Waals surface area contributed by atoms with E-state index in [2.05, 4.69) is 10.5 Å². The fourth-order valence-corrected chi connectivity index (χ4v) is 2.33.